The summed E-state index contributed by atoms with van der Waals surface area (Å²) in [6.07, 6.45) is 2.62. The average molecular weight is 170 g/mol. The first kappa shape index (κ1) is 10.0. The minimum absolute atomic E-state index is 0.773. The number of nitrogens with zero attached hydrogens (tertiary/aromatic N) is 2. The van der Waals surface area contributed by atoms with Gasteiger partial charge in [0.15, 0.2) is 0 Å². The van der Waals surface area contributed by atoms with E-state index in [4.69, 9.17) is 0 Å². The molecule has 0 radical (unpaired) electrons. The summed E-state index contributed by atoms with van der Waals surface area (Å²) in [5, 5.41) is 0. The Labute approximate surface area is 76.5 Å². The summed E-state index contributed by atoms with van der Waals surface area (Å²) in [4.78, 5) is 4.95. The Balaban J connectivity index is 2.35. The summed E-state index contributed by atoms with van der Waals surface area (Å²) in [6, 6.07) is 1.56. The molecule has 0 aromatic heterocycles. The van der Waals surface area contributed by atoms with Gasteiger partial charge in [0.1, 0.15) is 0 Å². The van der Waals surface area contributed by atoms with Crippen molar-refractivity contribution in [3.05, 3.63) is 0 Å². The van der Waals surface area contributed by atoms with Crippen LogP contribution in [-0.2, 0) is 0 Å². The smallest absolute Gasteiger partial charge is 0.0229 e. The first-order chi connectivity index (χ1) is 5.65. The molecule has 0 saturated carbocycles. The van der Waals surface area contributed by atoms with Gasteiger partial charge in [-0.2, -0.15) is 0 Å². The van der Waals surface area contributed by atoms with Crippen molar-refractivity contribution in [1.82, 2.24) is 9.80 Å². The molecular weight excluding hydrogens is 148 g/mol. The normalized spacial score (nSPS) is 28.2. The fourth-order valence-electron chi connectivity index (χ4n) is 1.85. The third-order valence-corrected chi connectivity index (χ3v) is 3.14. The maximum absolute atomic E-state index is 2.60. The number of hydrogen-bond donors (Lipinski definition) is 0. The van der Waals surface area contributed by atoms with E-state index in [0.717, 1.165) is 12.1 Å². The summed E-state index contributed by atoms with van der Waals surface area (Å²) in [6.45, 7) is 7.16. The monoisotopic (exact) mass is 170 g/mol. The molecule has 2 unspecified atom stereocenters. The average Bonchev–Trinajstić information content (AvgIpc) is 2.51. The standard InChI is InChI=1S/C10H22N2/c1-5-9(2)12-7-6-10(8-12)11(3)4/h9-10H,5-8H2,1-4H3. The van der Waals surface area contributed by atoms with E-state index >= 15 is 0 Å². The van der Waals surface area contributed by atoms with Gasteiger partial charge in [0, 0.05) is 25.2 Å². The molecule has 0 amide bonds. The molecule has 0 aromatic carbocycles. The second kappa shape index (κ2) is 4.24. The van der Waals surface area contributed by atoms with Gasteiger partial charge < -0.3 is 4.90 Å². The van der Waals surface area contributed by atoms with Crippen LogP contribution < -0.4 is 0 Å². The second-order valence-electron chi connectivity index (χ2n) is 4.16. The van der Waals surface area contributed by atoms with Crippen molar-refractivity contribution in [3.63, 3.8) is 0 Å². The Morgan fingerprint density at radius 3 is 2.58 bits per heavy atom. The molecule has 1 fully saturated rings. The van der Waals surface area contributed by atoms with Crippen molar-refractivity contribution in [2.24, 2.45) is 0 Å². The van der Waals surface area contributed by atoms with E-state index in [1.54, 1.807) is 0 Å². The van der Waals surface area contributed by atoms with E-state index in [2.05, 4.69) is 37.7 Å². The van der Waals surface area contributed by atoms with Crippen LogP contribution in [0.3, 0.4) is 0 Å². The molecule has 2 heteroatoms. The molecule has 1 rings (SSSR count). The number of likely N-dealkylation sites (N-methyl/N-ethyl adjacent to an activating group) is 1. The fraction of sp³-hybridized carbons (Fsp3) is 1.00. The van der Waals surface area contributed by atoms with Gasteiger partial charge in [0.05, 0.1) is 0 Å². The van der Waals surface area contributed by atoms with Crippen molar-refractivity contribution in [1.29, 1.82) is 0 Å². The van der Waals surface area contributed by atoms with Crippen LogP contribution in [0.1, 0.15) is 26.7 Å². The molecule has 2 nitrogen and oxygen atoms in total. The zero-order valence-electron chi connectivity index (χ0n) is 8.88. The van der Waals surface area contributed by atoms with Crippen molar-refractivity contribution in [3.8, 4) is 0 Å². The predicted molar refractivity (Wildman–Crippen MR) is 53.4 cm³/mol. The van der Waals surface area contributed by atoms with Crippen LogP contribution in [0.2, 0.25) is 0 Å². The highest BCUT2D eigenvalue weighted by atomic mass is 15.2. The number of rotatable bonds is 3. The van der Waals surface area contributed by atoms with Crippen LogP contribution in [0.5, 0.6) is 0 Å². The molecule has 72 valence electrons. The van der Waals surface area contributed by atoms with Crippen LogP contribution in [-0.4, -0.2) is 49.1 Å². The summed E-state index contributed by atoms with van der Waals surface area (Å²) >= 11 is 0. The third-order valence-electron chi connectivity index (χ3n) is 3.14. The highest BCUT2D eigenvalue weighted by Crippen LogP contribution is 2.16. The van der Waals surface area contributed by atoms with Gasteiger partial charge in [-0.3, -0.25) is 4.90 Å². The van der Waals surface area contributed by atoms with E-state index in [0.29, 0.717) is 0 Å². The molecule has 0 bridgehead atoms. The highest BCUT2D eigenvalue weighted by Gasteiger charge is 2.25. The summed E-state index contributed by atoms with van der Waals surface area (Å²) in [5.74, 6) is 0. The van der Waals surface area contributed by atoms with Gasteiger partial charge in [0.25, 0.3) is 0 Å². The Morgan fingerprint density at radius 2 is 2.17 bits per heavy atom. The lowest BCUT2D eigenvalue weighted by Gasteiger charge is -2.24. The molecule has 0 aromatic rings. The van der Waals surface area contributed by atoms with Crippen LogP contribution in [0.15, 0.2) is 0 Å². The number of likely N-dealkylation sites (tertiary alicyclic amines) is 1. The van der Waals surface area contributed by atoms with Gasteiger partial charge >= 0.3 is 0 Å². The lowest BCUT2D eigenvalue weighted by Crippen LogP contribution is -2.35. The maximum atomic E-state index is 2.60. The molecule has 2 atom stereocenters. The Kier molecular flexibility index (Phi) is 3.53. The quantitative estimate of drug-likeness (QED) is 0.632. The van der Waals surface area contributed by atoms with E-state index in [-0.39, 0.29) is 0 Å². The zero-order valence-corrected chi connectivity index (χ0v) is 8.88. The van der Waals surface area contributed by atoms with E-state index < -0.39 is 0 Å². The van der Waals surface area contributed by atoms with Gasteiger partial charge in [-0.25, -0.2) is 0 Å². The molecule has 1 saturated heterocycles. The first-order valence-corrected chi connectivity index (χ1v) is 5.05. The third kappa shape index (κ3) is 2.20. The SMILES string of the molecule is CCC(C)N1CCC(N(C)C)C1. The topological polar surface area (TPSA) is 6.48 Å². The van der Waals surface area contributed by atoms with Crippen LogP contribution >= 0.6 is 0 Å². The van der Waals surface area contributed by atoms with Crippen molar-refractivity contribution in [2.45, 2.75) is 38.8 Å². The highest BCUT2D eigenvalue weighted by molar-refractivity contribution is 4.83. The summed E-state index contributed by atoms with van der Waals surface area (Å²) in [5.41, 5.74) is 0. The van der Waals surface area contributed by atoms with Crippen LogP contribution in [0.4, 0.5) is 0 Å². The lowest BCUT2D eigenvalue weighted by molar-refractivity contribution is 0.222. The molecule has 12 heavy (non-hydrogen) atoms. The van der Waals surface area contributed by atoms with E-state index in [1.165, 1.54) is 25.9 Å². The molecule has 0 N–H and O–H groups in total. The second-order valence-corrected chi connectivity index (χ2v) is 4.16. The fourth-order valence-corrected chi connectivity index (χ4v) is 1.85. The minimum Gasteiger partial charge on any atom is -0.305 e. The lowest BCUT2D eigenvalue weighted by atomic mass is 10.2. The van der Waals surface area contributed by atoms with Crippen molar-refractivity contribution >= 4 is 0 Å². The van der Waals surface area contributed by atoms with Gasteiger partial charge in [-0.15, -0.1) is 0 Å². The summed E-state index contributed by atoms with van der Waals surface area (Å²) in [7, 11) is 4.37. The Hall–Kier alpha value is -0.0800. The molecule has 0 aliphatic carbocycles. The summed E-state index contributed by atoms with van der Waals surface area (Å²) < 4.78 is 0. The van der Waals surface area contributed by atoms with Crippen LogP contribution in [0, 0.1) is 0 Å². The first-order valence-electron chi connectivity index (χ1n) is 5.05. The Bertz CT molecular complexity index is 134. The molecule has 1 aliphatic rings. The molecular formula is C10H22N2. The van der Waals surface area contributed by atoms with Crippen molar-refractivity contribution in [2.75, 3.05) is 27.2 Å². The predicted octanol–water partition coefficient (Wildman–Crippen LogP) is 1.42. The molecule has 1 heterocycles. The van der Waals surface area contributed by atoms with Crippen molar-refractivity contribution < 1.29 is 0 Å². The van der Waals surface area contributed by atoms with Crippen LogP contribution in [0.25, 0.3) is 0 Å². The largest absolute Gasteiger partial charge is 0.305 e. The molecule has 1 aliphatic heterocycles. The number of hydrogen-bond acceptors (Lipinski definition) is 2. The van der Waals surface area contributed by atoms with Gasteiger partial charge in [0.2, 0.25) is 0 Å². The van der Waals surface area contributed by atoms with E-state index in [9.17, 15) is 0 Å². The Morgan fingerprint density at radius 1 is 1.50 bits per heavy atom. The maximum Gasteiger partial charge on any atom is 0.0229 e. The van der Waals surface area contributed by atoms with Gasteiger partial charge in [-0.05, 0) is 33.9 Å². The van der Waals surface area contributed by atoms with Gasteiger partial charge in [-0.1, -0.05) is 6.92 Å². The molecule has 0 spiro atoms. The van der Waals surface area contributed by atoms with E-state index in [1.807, 2.05) is 0 Å². The zero-order chi connectivity index (χ0) is 9.14. The minimum atomic E-state index is 0.773.